The summed E-state index contributed by atoms with van der Waals surface area (Å²) in [6.07, 6.45) is 1.65. The second kappa shape index (κ2) is 4.75. The molecule has 0 aliphatic carbocycles. The molecule has 0 atom stereocenters. The van der Waals surface area contributed by atoms with E-state index in [9.17, 15) is 9.59 Å². The number of aromatic nitrogens is 4. The Balaban J connectivity index is 2.05. The maximum Gasteiger partial charge on any atom is 0.329 e. The molecule has 0 spiro atoms. The highest BCUT2D eigenvalue weighted by Gasteiger charge is 2.09. The van der Waals surface area contributed by atoms with Gasteiger partial charge in [0.2, 0.25) is 0 Å². The summed E-state index contributed by atoms with van der Waals surface area (Å²) < 4.78 is 3.68. The molecular formula is C13H11BrN4O2. The molecule has 0 aliphatic heterocycles. The molecule has 0 aliphatic rings. The Morgan fingerprint density at radius 1 is 1.25 bits per heavy atom. The minimum Gasteiger partial charge on any atom is -0.290 e. The van der Waals surface area contributed by atoms with E-state index in [1.165, 1.54) is 7.05 Å². The lowest BCUT2D eigenvalue weighted by Gasteiger charge is -2.01. The van der Waals surface area contributed by atoms with Gasteiger partial charge in [0.1, 0.15) is 5.39 Å². The standard InChI is InChI=1S/C13H11BrN4O2/c1-17-12(19)10-7-18(16-11(10)15-13(17)20)6-8-2-4-9(14)5-3-8/h2-5,7H,6H2,1H3,(H,15,16,20). The predicted molar refractivity (Wildman–Crippen MR) is 78.8 cm³/mol. The quantitative estimate of drug-likeness (QED) is 0.766. The van der Waals surface area contributed by atoms with Crippen LogP contribution < -0.4 is 11.2 Å². The molecule has 3 rings (SSSR count). The summed E-state index contributed by atoms with van der Waals surface area (Å²) in [5, 5.41) is 4.64. The van der Waals surface area contributed by atoms with Crippen LogP contribution in [0.15, 0.2) is 44.5 Å². The molecular weight excluding hydrogens is 324 g/mol. The second-order valence-electron chi connectivity index (χ2n) is 4.51. The van der Waals surface area contributed by atoms with Gasteiger partial charge in [-0.15, -0.1) is 0 Å². The van der Waals surface area contributed by atoms with Crippen LogP contribution in [0.3, 0.4) is 0 Å². The first kappa shape index (κ1) is 12.9. The number of fused-ring (bicyclic) bond motifs is 1. The Morgan fingerprint density at radius 3 is 2.65 bits per heavy atom. The molecule has 0 amide bonds. The number of halogens is 1. The third-order valence-corrected chi connectivity index (χ3v) is 3.61. The van der Waals surface area contributed by atoms with Gasteiger partial charge in [-0.2, -0.15) is 5.10 Å². The summed E-state index contributed by atoms with van der Waals surface area (Å²) in [6.45, 7) is 0.535. The lowest BCUT2D eigenvalue weighted by molar-refractivity contribution is 0.692. The van der Waals surface area contributed by atoms with Crippen molar-refractivity contribution in [3.8, 4) is 0 Å². The Hall–Kier alpha value is -2.15. The molecule has 2 aromatic heterocycles. The lowest BCUT2D eigenvalue weighted by atomic mass is 10.2. The zero-order valence-electron chi connectivity index (χ0n) is 10.6. The van der Waals surface area contributed by atoms with Crippen molar-refractivity contribution < 1.29 is 0 Å². The van der Waals surface area contributed by atoms with E-state index in [0.29, 0.717) is 17.6 Å². The monoisotopic (exact) mass is 334 g/mol. The van der Waals surface area contributed by atoms with Crippen LogP contribution in [0.25, 0.3) is 11.0 Å². The van der Waals surface area contributed by atoms with Crippen molar-refractivity contribution in [3.05, 3.63) is 61.3 Å². The number of nitrogens with zero attached hydrogens (tertiary/aromatic N) is 3. The van der Waals surface area contributed by atoms with Crippen molar-refractivity contribution in [2.45, 2.75) is 6.54 Å². The van der Waals surface area contributed by atoms with Crippen LogP contribution in [-0.2, 0) is 13.6 Å². The van der Waals surface area contributed by atoms with Crippen molar-refractivity contribution >= 4 is 27.0 Å². The van der Waals surface area contributed by atoms with Crippen molar-refractivity contribution in [2.75, 3.05) is 0 Å². The van der Waals surface area contributed by atoms with E-state index in [2.05, 4.69) is 26.0 Å². The van der Waals surface area contributed by atoms with Crippen molar-refractivity contribution in [2.24, 2.45) is 7.05 Å². The van der Waals surface area contributed by atoms with Gasteiger partial charge in [0.25, 0.3) is 5.56 Å². The Labute approximate surface area is 121 Å². The first-order chi connectivity index (χ1) is 9.54. The summed E-state index contributed by atoms with van der Waals surface area (Å²) in [5.41, 5.74) is 0.567. The summed E-state index contributed by atoms with van der Waals surface area (Å²) in [7, 11) is 1.44. The van der Waals surface area contributed by atoms with Gasteiger partial charge >= 0.3 is 5.69 Å². The molecule has 6 nitrogen and oxygen atoms in total. The Morgan fingerprint density at radius 2 is 1.95 bits per heavy atom. The van der Waals surface area contributed by atoms with Crippen LogP contribution in [0, 0.1) is 0 Å². The third-order valence-electron chi connectivity index (χ3n) is 3.08. The van der Waals surface area contributed by atoms with Gasteiger partial charge in [-0.05, 0) is 17.7 Å². The van der Waals surface area contributed by atoms with Gasteiger partial charge in [0.15, 0.2) is 5.65 Å². The van der Waals surface area contributed by atoms with E-state index < -0.39 is 5.69 Å². The topological polar surface area (TPSA) is 72.7 Å². The average molecular weight is 335 g/mol. The Bertz CT molecular complexity index is 889. The number of hydrogen-bond acceptors (Lipinski definition) is 3. The zero-order valence-corrected chi connectivity index (χ0v) is 12.2. The van der Waals surface area contributed by atoms with Crippen LogP contribution >= 0.6 is 15.9 Å². The van der Waals surface area contributed by atoms with Gasteiger partial charge in [-0.25, -0.2) is 4.79 Å². The summed E-state index contributed by atoms with van der Waals surface area (Å²) >= 11 is 3.38. The first-order valence-corrected chi connectivity index (χ1v) is 6.75. The molecule has 1 aromatic carbocycles. The highest BCUT2D eigenvalue weighted by atomic mass is 79.9. The summed E-state index contributed by atoms with van der Waals surface area (Å²) in [6, 6.07) is 7.83. The minimum atomic E-state index is -0.462. The van der Waals surface area contributed by atoms with Gasteiger partial charge in [0.05, 0.1) is 6.54 Å². The maximum atomic E-state index is 11.9. The molecule has 7 heteroatoms. The molecule has 0 unspecified atom stereocenters. The second-order valence-corrected chi connectivity index (χ2v) is 5.43. The number of aromatic amines is 1. The summed E-state index contributed by atoms with van der Waals surface area (Å²) in [5.74, 6) is 0. The molecule has 0 bridgehead atoms. The molecule has 0 saturated carbocycles. The molecule has 0 saturated heterocycles. The largest absolute Gasteiger partial charge is 0.329 e. The highest BCUT2D eigenvalue weighted by Crippen LogP contribution is 2.12. The SMILES string of the molecule is Cn1c(=O)[nH]c2nn(Cc3ccc(Br)cc3)cc2c1=O. The lowest BCUT2D eigenvalue weighted by Crippen LogP contribution is -2.31. The van der Waals surface area contributed by atoms with Crippen molar-refractivity contribution in [1.82, 2.24) is 19.3 Å². The zero-order chi connectivity index (χ0) is 14.3. The molecule has 0 fully saturated rings. The van der Waals surface area contributed by atoms with E-state index in [0.717, 1.165) is 14.6 Å². The van der Waals surface area contributed by atoms with Crippen LogP contribution in [0.5, 0.6) is 0 Å². The highest BCUT2D eigenvalue weighted by molar-refractivity contribution is 9.10. The van der Waals surface area contributed by atoms with Gasteiger partial charge < -0.3 is 0 Å². The van der Waals surface area contributed by atoms with Gasteiger partial charge in [-0.1, -0.05) is 28.1 Å². The van der Waals surface area contributed by atoms with E-state index in [-0.39, 0.29) is 5.56 Å². The van der Waals surface area contributed by atoms with Crippen LogP contribution in [0.1, 0.15) is 5.56 Å². The smallest absolute Gasteiger partial charge is 0.290 e. The third kappa shape index (κ3) is 2.20. The van der Waals surface area contributed by atoms with Gasteiger partial charge in [-0.3, -0.25) is 19.0 Å². The van der Waals surface area contributed by atoms with E-state index in [1.807, 2.05) is 24.3 Å². The number of H-pyrrole nitrogens is 1. The average Bonchev–Trinajstić information content (AvgIpc) is 2.81. The number of benzene rings is 1. The fraction of sp³-hybridized carbons (Fsp3) is 0.154. The van der Waals surface area contributed by atoms with Crippen molar-refractivity contribution in [3.63, 3.8) is 0 Å². The molecule has 20 heavy (non-hydrogen) atoms. The number of nitrogens with one attached hydrogen (secondary N) is 1. The maximum absolute atomic E-state index is 11.9. The van der Waals surface area contributed by atoms with Crippen LogP contribution in [-0.4, -0.2) is 19.3 Å². The molecule has 102 valence electrons. The fourth-order valence-electron chi connectivity index (χ4n) is 1.99. The van der Waals surface area contributed by atoms with Crippen LogP contribution in [0.2, 0.25) is 0 Å². The molecule has 1 N–H and O–H groups in total. The van der Waals surface area contributed by atoms with E-state index in [1.54, 1.807) is 10.9 Å². The number of rotatable bonds is 2. The Kier molecular flexibility index (Phi) is 3.06. The molecule has 0 radical (unpaired) electrons. The van der Waals surface area contributed by atoms with Crippen molar-refractivity contribution in [1.29, 1.82) is 0 Å². The normalized spacial score (nSPS) is 11.1. The van der Waals surface area contributed by atoms with E-state index >= 15 is 0 Å². The predicted octanol–water partition coefficient (Wildman–Crippen LogP) is 1.23. The van der Waals surface area contributed by atoms with Crippen LogP contribution in [0.4, 0.5) is 0 Å². The first-order valence-electron chi connectivity index (χ1n) is 5.95. The summed E-state index contributed by atoms with van der Waals surface area (Å²) in [4.78, 5) is 26.0. The fourth-order valence-corrected chi connectivity index (χ4v) is 2.25. The van der Waals surface area contributed by atoms with E-state index in [4.69, 9.17) is 0 Å². The molecule has 3 aromatic rings. The van der Waals surface area contributed by atoms with Gasteiger partial charge in [0, 0.05) is 17.7 Å². The minimum absolute atomic E-state index is 0.315. The number of hydrogen-bond donors (Lipinski definition) is 1. The molecule has 2 heterocycles.